The van der Waals surface area contributed by atoms with Gasteiger partial charge in [0, 0.05) is 51.2 Å². The van der Waals surface area contributed by atoms with Crippen molar-refractivity contribution in [1.29, 1.82) is 0 Å². The molecule has 96 valence electrons. The van der Waals surface area contributed by atoms with Crippen molar-refractivity contribution in [2.45, 2.75) is 6.04 Å². The molecule has 6 heteroatoms. The summed E-state index contributed by atoms with van der Waals surface area (Å²) >= 11 is 0. The molecule has 1 atom stereocenters. The van der Waals surface area contributed by atoms with E-state index in [0.29, 0.717) is 0 Å². The summed E-state index contributed by atoms with van der Waals surface area (Å²) in [5.41, 5.74) is 1.16. The van der Waals surface area contributed by atoms with Gasteiger partial charge in [0.25, 0.3) is 0 Å². The Morgan fingerprint density at radius 1 is 1.50 bits per heavy atom. The van der Waals surface area contributed by atoms with Crippen LogP contribution in [0.15, 0.2) is 18.3 Å². The fourth-order valence-electron chi connectivity index (χ4n) is 2.59. The van der Waals surface area contributed by atoms with Crippen LogP contribution in [0, 0.1) is 0 Å². The van der Waals surface area contributed by atoms with Gasteiger partial charge in [-0.2, -0.15) is 0 Å². The topological polar surface area (TPSA) is 60.5 Å². The van der Waals surface area contributed by atoms with Crippen molar-refractivity contribution in [1.82, 2.24) is 15.2 Å². The van der Waals surface area contributed by atoms with E-state index < -0.39 is 0 Å². The lowest BCUT2D eigenvalue weighted by atomic mass is 10.2. The fourth-order valence-corrected chi connectivity index (χ4v) is 2.59. The van der Waals surface area contributed by atoms with Gasteiger partial charge in [-0.3, -0.25) is 0 Å². The highest BCUT2D eigenvalue weighted by molar-refractivity contribution is 5.77. The number of amides is 2. The molecular formula is C12H17N5O. The van der Waals surface area contributed by atoms with Gasteiger partial charge >= 0.3 is 6.03 Å². The van der Waals surface area contributed by atoms with E-state index >= 15 is 0 Å². The Hall–Kier alpha value is -1.98. The number of piperazine rings is 1. The second-order valence-electron chi connectivity index (χ2n) is 4.63. The molecule has 3 heterocycles. The molecular weight excluding hydrogens is 230 g/mol. The first kappa shape index (κ1) is 11.1. The van der Waals surface area contributed by atoms with Crippen molar-refractivity contribution < 1.29 is 4.79 Å². The number of carbonyl (C=O) groups is 1. The smallest absolute Gasteiger partial charge is 0.317 e. The molecule has 0 saturated carbocycles. The maximum atomic E-state index is 11.5. The van der Waals surface area contributed by atoms with Gasteiger partial charge in [-0.15, -0.1) is 0 Å². The monoisotopic (exact) mass is 247 g/mol. The van der Waals surface area contributed by atoms with Gasteiger partial charge in [0.1, 0.15) is 5.82 Å². The van der Waals surface area contributed by atoms with Gasteiger partial charge in [0.15, 0.2) is 0 Å². The predicted octanol–water partition coefficient (Wildman–Crippen LogP) is 0.337. The summed E-state index contributed by atoms with van der Waals surface area (Å²) in [6.07, 6.45) is 1.81. The fraction of sp³-hybridized carbons (Fsp3) is 0.500. The molecule has 0 spiro atoms. The van der Waals surface area contributed by atoms with E-state index in [0.717, 1.165) is 37.7 Å². The van der Waals surface area contributed by atoms with Crippen LogP contribution in [0.5, 0.6) is 0 Å². The van der Waals surface area contributed by atoms with Gasteiger partial charge < -0.3 is 20.4 Å². The predicted molar refractivity (Wildman–Crippen MR) is 69.9 cm³/mol. The van der Waals surface area contributed by atoms with Gasteiger partial charge in [-0.05, 0) is 6.07 Å². The maximum absolute atomic E-state index is 11.5. The molecule has 1 aromatic heterocycles. The number of nitrogens with one attached hydrogen (secondary N) is 2. The minimum Gasteiger partial charge on any atom is -0.373 e. The maximum Gasteiger partial charge on any atom is 0.317 e. The van der Waals surface area contributed by atoms with Crippen LogP contribution in [-0.2, 0) is 0 Å². The van der Waals surface area contributed by atoms with Crippen molar-refractivity contribution in [2.24, 2.45) is 0 Å². The average molecular weight is 247 g/mol. The van der Waals surface area contributed by atoms with Crippen molar-refractivity contribution >= 4 is 17.5 Å². The number of hydrogen-bond donors (Lipinski definition) is 2. The van der Waals surface area contributed by atoms with E-state index in [-0.39, 0.29) is 12.1 Å². The Morgan fingerprint density at radius 2 is 2.39 bits per heavy atom. The van der Waals surface area contributed by atoms with Crippen LogP contribution in [-0.4, -0.2) is 55.2 Å². The molecule has 3 rings (SSSR count). The zero-order valence-electron chi connectivity index (χ0n) is 10.4. The first-order valence-corrected chi connectivity index (χ1v) is 6.21. The zero-order chi connectivity index (χ0) is 12.5. The van der Waals surface area contributed by atoms with Crippen molar-refractivity contribution in [3.05, 3.63) is 18.3 Å². The minimum absolute atomic E-state index is 0.0743. The Morgan fingerprint density at radius 3 is 3.22 bits per heavy atom. The number of carbonyl (C=O) groups excluding carboxylic acids is 1. The number of fused-ring (bicyclic) bond motifs is 1. The lowest BCUT2D eigenvalue weighted by Gasteiger charge is -2.37. The number of pyridine rings is 1. The Labute approximate surface area is 106 Å². The molecule has 2 N–H and O–H groups in total. The van der Waals surface area contributed by atoms with Crippen LogP contribution >= 0.6 is 0 Å². The lowest BCUT2D eigenvalue weighted by molar-refractivity contribution is 0.197. The molecule has 0 radical (unpaired) electrons. The number of nitrogens with zero attached hydrogens (tertiary/aromatic N) is 3. The molecule has 2 aliphatic rings. The number of urea groups is 1. The quantitative estimate of drug-likeness (QED) is 0.791. The lowest BCUT2D eigenvalue weighted by Crippen LogP contribution is -2.52. The van der Waals surface area contributed by atoms with Gasteiger partial charge in [0.05, 0.1) is 6.04 Å². The number of aromatic nitrogens is 1. The summed E-state index contributed by atoms with van der Waals surface area (Å²) in [4.78, 5) is 20.0. The molecule has 2 amide bonds. The average Bonchev–Trinajstić information content (AvgIpc) is 2.80. The highest BCUT2D eigenvalue weighted by atomic mass is 16.2. The largest absolute Gasteiger partial charge is 0.373 e. The molecule has 0 aromatic carbocycles. The van der Waals surface area contributed by atoms with E-state index in [2.05, 4.69) is 20.5 Å². The minimum atomic E-state index is 0.0743. The van der Waals surface area contributed by atoms with E-state index in [4.69, 9.17) is 0 Å². The summed E-state index contributed by atoms with van der Waals surface area (Å²) in [5.74, 6) is 0.871. The third kappa shape index (κ3) is 1.83. The summed E-state index contributed by atoms with van der Waals surface area (Å²) in [5, 5.41) is 5.94. The first-order chi connectivity index (χ1) is 8.78. The second kappa shape index (κ2) is 4.36. The molecule has 2 aliphatic heterocycles. The summed E-state index contributed by atoms with van der Waals surface area (Å²) < 4.78 is 0. The molecule has 0 aliphatic carbocycles. The van der Waals surface area contributed by atoms with Crippen LogP contribution in [0.2, 0.25) is 0 Å². The second-order valence-corrected chi connectivity index (χ2v) is 4.63. The Bertz CT molecular complexity index is 464. The third-order valence-electron chi connectivity index (χ3n) is 3.60. The van der Waals surface area contributed by atoms with E-state index in [1.807, 2.05) is 30.3 Å². The van der Waals surface area contributed by atoms with Crippen molar-refractivity contribution in [2.75, 3.05) is 43.4 Å². The van der Waals surface area contributed by atoms with Crippen LogP contribution in [0.4, 0.5) is 16.3 Å². The highest BCUT2D eigenvalue weighted by Gasteiger charge is 2.35. The van der Waals surface area contributed by atoms with Crippen LogP contribution < -0.4 is 15.5 Å². The summed E-state index contributed by atoms with van der Waals surface area (Å²) in [7, 11) is 1.86. The Balaban J connectivity index is 1.76. The van der Waals surface area contributed by atoms with Gasteiger partial charge in [-0.25, -0.2) is 9.78 Å². The van der Waals surface area contributed by atoms with Crippen LogP contribution in [0.3, 0.4) is 0 Å². The molecule has 2 saturated heterocycles. The van der Waals surface area contributed by atoms with Gasteiger partial charge in [0.2, 0.25) is 0 Å². The molecule has 1 unspecified atom stereocenters. The van der Waals surface area contributed by atoms with Crippen molar-refractivity contribution in [3.8, 4) is 0 Å². The van der Waals surface area contributed by atoms with E-state index in [1.54, 1.807) is 0 Å². The Kier molecular flexibility index (Phi) is 2.70. The van der Waals surface area contributed by atoms with Gasteiger partial charge in [-0.1, -0.05) is 0 Å². The third-order valence-corrected chi connectivity index (χ3v) is 3.60. The molecule has 6 nitrogen and oxygen atoms in total. The summed E-state index contributed by atoms with van der Waals surface area (Å²) in [6, 6.07) is 4.42. The van der Waals surface area contributed by atoms with Crippen molar-refractivity contribution in [3.63, 3.8) is 0 Å². The SMILES string of the molecule is CNc1cc(N2CCN3C(=O)NCC3C2)ccn1. The number of rotatable bonds is 2. The zero-order valence-corrected chi connectivity index (χ0v) is 10.4. The van der Waals surface area contributed by atoms with E-state index in [1.165, 1.54) is 0 Å². The first-order valence-electron chi connectivity index (χ1n) is 6.21. The molecule has 2 fully saturated rings. The molecule has 1 aromatic rings. The van der Waals surface area contributed by atoms with Crippen LogP contribution in [0.25, 0.3) is 0 Å². The standard InChI is InChI=1S/C12H17N5O/c1-13-11-6-9(2-3-14-11)16-4-5-17-10(8-16)7-15-12(17)18/h2-3,6,10H,4-5,7-8H2,1H3,(H,13,14)(H,15,18). The summed E-state index contributed by atoms with van der Waals surface area (Å²) in [6.45, 7) is 3.29. The van der Waals surface area contributed by atoms with Crippen LogP contribution in [0.1, 0.15) is 0 Å². The molecule has 18 heavy (non-hydrogen) atoms. The number of anilines is 2. The van der Waals surface area contributed by atoms with E-state index in [9.17, 15) is 4.79 Å². The molecule has 0 bridgehead atoms. The number of hydrogen-bond acceptors (Lipinski definition) is 4. The highest BCUT2D eigenvalue weighted by Crippen LogP contribution is 2.22. The normalized spacial score (nSPS) is 22.7.